The smallest absolute Gasteiger partial charge is 0.315 e. The Morgan fingerprint density at radius 3 is 2.81 bits per heavy atom. The fraction of sp³-hybridized carbons (Fsp3) is 0.429. The second-order valence-electron chi connectivity index (χ2n) is 5.00. The molecule has 1 aliphatic rings. The number of piperidine rings is 1. The second kappa shape index (κ2) is 7.00. The molecule has 1 aromatic carbocycles. The van der Waals surface area contributed by atoms with Gasteiger partial charge in [0.1, 0.15) is 6.04 Å². The van der Waals surface area contributed by atoms with Crippen LogP contribution in [0, 0.1) is 0 Å². The highest BCUT2D eigenvalue weighted by Gasteiger charge is 2.24. The molecule has 2 atom stereocenters. The Hall–Kier alpha value is -1.46. The number of urea groups is 1. The molecule has 3 N–H and O–H groups in total. The SMILES string of the molecule is C[C@H](NC(=O)N[C@H]1CCCNC1=O)c1ccc(Cl)c(Cl)c1. The van der Waals surface area contributed by atoms with Gasteiger partial charge in [0, 0.05) is 6.54 Å². The summed E-state index contributed by atoms with van der Waals surface area (Å²) in [6, 6.07) is 4.10. The van der Waals surface area contributed by atoms with Crippen LogP contribution in [0.3, 0.4) is 0 Å². The minimum atomic E-state index is -0.472. The number of halogens is 2. The van der Waals surface area contributed by atoms with Gasteiger partial charge in [0.2, 0.25) is 5.91 Å². The van der Waals surface area contributed by atoms with Gasteiger partial charge in [0.05, 0.1) is 16.1 Å². The molecule has 0 bridgehead atoms. The highest BCUT2D eigenvalue weighted by molar-refractivity contribution is 6.42. The van der Waals surface area contributed by atoms with Crippen molar-refractivity contribution < 1.29 is 9.59 Å². The van der Waals surface area contributed by atoms with E-state index in [2.05, 4.69) is 16.0 Å². The summed E-state index contributed by atoms with van der Waals surface area (Å²) in [7, 11) is 0. The van der Waals surface area contributed by atoms with Gasteiger partial charge in [-0.1, -0.05) is 29.3 Å². The predicted octanol–water partition coefficient (Wildman–Crippen LogP) is 2.63. The first kappa shape index (κ1) is 15.9. The van der Waals surface area contributed by atoms with E-state index in [1.807, 2.05) is 6.92 Å². The number of carbonyl (C=O) groups is 2. The molecule has 0 spiro atoms. The third-order valence-corrected chi connectivity index (χ3v) is 4.12. The first-order valence-corrected chi connectivity index (χ1v) is 7.52. The molecular weight excluding hydrogens is 313 g/mol. The lowest BCUT2D eigenvalue weighted by Crippen LogP contribution is -2.52. The van der Waals surface area contributed by atoms with E-state index < -0.39 is 6.04 Å². The van der Waals surface area contributed by atoms with Crippen molar-refractivity contribution in [2.24, 2.45) is 0 Å². The van der Waals surface area contributed by atoms with Gasteiger partial charge in [-0.25, -0.2) is 4.79 Å². The molecule has 1 saturated heterocycles. The third-order valence-electron chi connectivity index (χ3n) is 3.38. The number of benzene rings is 1. The Bertz CT molecular complexity index is 551. The topological polar surface area (TPSA) is 70.2 Å². The number of nitrogens with one attached hydrogen (secondary N) is 3. The third kappa shape index (κ3) is 4.25. The predicted molar refractivity (Wildman–Crippen MR) is 82.6 cm³/mol. The van der Waals surface area contributed by atoms with Gasteiger partial charge in [-0.15, -0.1) is 0 Å². The average molecular weight is 330 g/mol. The van der Waals surface area contributed by atoms with Crippen LogP contribution >= 0.6 is 23.2 Å². The van der Waals surface area contributed by atoms with Crippen molar-refractivity contribution in [3.63, 3.8) is 0 Å². The lowest BCUT2D eigenvalue weighted by atomic mass is 10.1. The summed E-state index contributed by atoms with van der Waals surface area (Å²) >= 11 is 11.8. The largest absolute Gasteiger partial charge is 0.354 e. The van der Waals surface area contributed by atoms with Gasteiger partial charge in [-0.2, -0.15) is 0 Å². The Morgan fingerprint density at radius 2 is 2.14 bits per heavy atom. The summed E-state index contributed by atoms with van der Waals surface area (Å²) in [5.74, 6) is -0.140. The summed E-state index contributed by atoms with van der Waals surface area (Å²) in [6.45, 7) is 2.50. The molecule has 0 aliphatic carbocycles. The number of amides is 3. The zero-order chi connectivity index (χ0) is 15.4. The van der Waals surface area contributed by atoms with E-state index in [9.17, 15) is 9.59 Å². The van der Waals surface area contributed by atoms with Crippen LogP contribution in [0.5, 0.6) is 0 Å². The summed E-state index contributed by atoms with van der Waals surface area (Å²) in [4.78, 5) is 23.5. The molecule has 1 aromatic rings. The van der Waals surface area contributed by atoms with Crippen LogP contribution < -0.4 is 16.0 Å². The second-order valence-corrected chi connectivity index (χ2v) is 5.81. The Balaban J connectivity index is 1.92. The van der Waals surface area contributed by atoms with Gasteiger partial charge in [-0.05, 0) is 37.5 Å². The normalized spacial score (nSPS) is 19.6. The van der Waals surface area contributed by atoms with Crippen LogP contribution in [0.4, 0.5) is 4.79 Å². The summed E-state index contributed by atoms with van der Waals surface area (Å²) in [5, 5.41) is 9.08. The Kier molecular flexibility index (Phi) is 5.31. The molecule has 3 amide bonds. The molecule has 0 saturated carbocycles. The van der Waals surface area contributed by atoms with E-state index in [4.69, 9.17) is 23.2 Å². The van der Waals surface area contributed by atoms with Crippen molar-refractivity contribution in [3.8, 4) is 0 Å². The molecular formula is C14H17Cl2N3O2. The summed E-state index contributed by atoms with van der Waals surface area (Å²) in [5.41, 5.74) is 0.840. The van der Waals surface area contributed by atoms with Crippen LogP contribution in [0.2, 0.25) is 10.0 Å². The van der Waals surface area contributed by atoms with E-state index in [-0.39, 0.29) is 18.0 Å². The number of hydrogen-bond acceptors (Lipinski definition) is 2. The zero-order valence-electron chi connectivity index (χ0n) is 11.6. The standard InChI is InChI=1S/C14H17Cl2N3O2/c1-8(9-4-5-10(15)11(16)7-9)18-14(21)19-12-3-2-6-17-13(12)20/h4-5,7-8,12H,2-3,6H2,1H3,(H,17,20)(H2,18,19,21)/t8-,12-/m0/s1. The number of hydrogen-bond donors (Lipinski definition) is 3. The maximum atomic E-state index is 11.9. The first-order valence-electron chi connectivity index (χ1n) is 6.77. The quantitative estimate of drug-likeness (QED) is 0.797. The highest BCUT2D eigenvalue weighted by atomic mass is 35.5. The molecule has 21 heavy (non-hydrogen) atoms. The molecule has 1 fully saturated rings. The summed E-state index contributed by atoms with van der Waals surface area (Å²) < 4.78 is 0. The molecule has 2 rings (SSSR count). The van der Waals surface area contributed by atoms with Crippen LogP contribution in [-0.4, -0.2) is 24.5 Å². The first-order chi connectivity index (χ1) is 9.97. The van der Waals surface area contributed by atoms with Crippen molar-refractivity contribution in [1.82, 2.24) is 16.0 Å². The molecule has 5 nitrogen and oxygen atoms in total. The van der Waals surface area contributed by atoms with Gasteiger partial charge in [0.25, 0.3) is 0 Å². The molecule has 0 unspecified atom stereocenters. The molecule has 0 radical (unpaired) electrons. The molecule has 7 heteroatoms. The van der Waals surface area contributed by atoms with Crippen LogP contribution in [0.1, 0.15) is 31.4 Å². The van der Waals surface area contributed by atoms with Crippen LogP contribution in [-0.2, 0) is 4.79 Å². The van der Waals surface area contributed by atoms with Crippen LogP contribution in [0.25, 0.3) is 0 Å². The summed E-state index contributed by atoms with van der Waals surface area (Å²) in [6.07, 6.45) is 1.51. The number of rotatable bonds is 3. The fourth-order valence-corrected chi connectivity index (χ4v) is 2.48. The fourth-order valence-electron chi connectivity index (χ4n) is 2.17. The zero-order valence-corrected chi connectivity index (χ0v) is 13.1. The van der Waals surface area contributed by atoms with Gasteiger partial charge in [-0.3, -0.25) is 4.79 Å². The van der Waals surface area contributed by atoms with Crippen molar-refractivity contribution in [3.05, 3.63) is 33.8 Å². The molecule has 0 aromatic heterocycles. The minimum Gasteiger partial charge on any atom is -0.354 e. The Labute approximate surface area is 133 Å². The lowest BCUT2D eigenvalue weighted by molar-refractivity contribution is -0.124. The lowest BCUT2D eigenvalue weighted by Gasteiger charge is -2.24. The van der Waals surface area contributed by atoms with Crippen molar-refractivity contribution in [2.75, 3.05) is 6.54 Å². The highest BCUT2D eigenvalue weighted by Crippen LogP contribution is 2.25. The molecule has 1 aliphatic heterocycles. The van der Waals surface area contributed by atoms with E-state index in [1.54, 1.807) is 18.2 Å². The van der Waals surface area contributed by atoms with E-state index in [1.165, 1.54) is 0 Å². The minimum absolute atomic E-state index is 0.140. The van der Waals surface area contributed by atoms with Gasteiger partial charge >= 0.3 is 6.03 Å². The van der Waals surface area contributed by atoms with E-state index >= 15 is 0 Å². The maximum absolute atomic E-state index is 11.9. The monoisotopic (exact) mass is 329 g/mol. The molecule has 1 heterocycles. The average Bonchev–Trinajstić information content (AvgIpc) is 2.44. The van der Waals surface area contributed by atoms with Gasteiger partial charge < -0.3 is 16.0 Å². The van der Waals surface area contributed by atoms with Crippen molar-refractivity contribution in [2.45, 2.75) is 31.8 Å². The maximum Gasteiger partial charge on any atom is 0.315 e. The van der Waals surface area contributed by atoms with Gasteiger partial charge in [0.15, 0.2) is 0 Å². The van der Waals surface area contributed by atoms with Crippen LogP contribution in [0.15, 0.2) is 18.2 Å². The van der Waals surface area contributed by atoms with E-state index in [0.717, 1.165) is 12.0 Å². The van der Waals surface area contributed by atoms with Crippen molar-refractivity contribution >= 4 is 35.1 Å². The Morgan fingerprint density at radius 1 is 1.38 bits per heavy atom. The number of carbonyl (C=O) groups excluding carboxylic acids is 2. The van der Waals surface area contributed by atoms with E-state index in [0.29, 0.717) is 23.0 Å². The molecule has 114 valence electrons. The van der Waals surface area contributed by atoms with Crippen molar-refractivity contribution in [1.29, 1.82) is 0 Å².